The molecule has 1 aromatic rings. The third kappa shape index (κ3) is 4.11. The fourth-order valence-corrected chi connectivity index (χ4v) is 1.53. The molecule has 1 rings (SSSR count). The first-order valence-corrected chi connectivity index (χ1v) is 5.87. The molecule has 0 aliphatic rings. The first-order valence-electron chi connectivity index (χ1n) is 5.87. The molecule has 1 heteroatoms. The lowest BCUT2D eigenvalue weighted by Gasteiger charge is -2.18. The largest absolute Gasteiger partial charge is 0.362 e. The van der Waals surface area contributed by atoms with Crippen LogP contribution in [-0.2, 0) is 11.8 Å². The van der Waals surface area contributed by atoms with Gasteiger partial charge in [0, 0.05) is 16.8 Å². The van der Waals surface area contributed by atoms with Gasteiger partial charge in [0.25, 0.3) is 0 Å². The van der Waals surface area contributed by atoms with E-state index in [-0.39, 0.29) is 5.41 Å². The highest BCUT2D eigenvalue weighted by atomic mass is 14.7. The molecule has 0 aliphatic heterocycles. The number of nitrogens with one attached hydrogen (secondary N) is 1. The Kier molecular flexibility index (Phi) is 3.32. The Hall–Kier alpha value is -0.720. The highest BCUT2D eigenvalue weighted by Gasteiger charge is 2.16. The van der Waals surface area contributed by atoms with Gasteiger partial charge >= 0.3 is 0 Å². The standard InChI is InChI=1S/C14H25N/c1-13(2,3)10-9-11-7-8-12(15-11)14(4,5)6/h7-8,15H,9-10H2,1-6H3. The molecule has 0 saturated carbocycles. The van der Waals surface area contributed by atoms with E-state index in [0.29, 0.717) is 5.41 Å². The van der Waals surface area contributed by atoms with Crippen LogP contribution in [0.2, 0.25) is 0 Å². The Balaban J connectivity index is 2.62. The average Bonchev–Trinajstić information content (AvgIpc) is 2.45. The molecule has 1 nitrogen and oxygen atoms in total. The minimum absolute atomic E-state index is 0.236. The summed E-state index contributed by atoms with van der Waals surface area (Å²) in [4.78, 5) is 3.53. The zero-order valence-corrected chi connectivity index (χ0v) is 11.1. The minimum atomic E-state index is 0.236. The molecular weight excluding hydrogens is 182 g/mol. The normalized spacial score (nSPS) is 13.2. The number of aryl methyl sites for hydroxylation is 1. The molecule has 0 amide bonds. The molecule has 0 saturated heterocycles. The van der Waals surface area contributed by atoms with Gasteiger partial charge in [0.2, 0.25) is 0 Å². The summed E-state index contributed by atoms with van der Waals surface area (Å²) in [5, 5.41) is 0. The van der Waals surface area contributed by atoms with E-state index in [2.05, 4.69) is 58.7 Å². The van der Waals surface area contributed by atoms with Crippen molar-refractivity contribution in [2.45, 2.75) is 59.8 Å². The van der Waals surface area contributed by atoms with Gasteiger partial charge in [-0.15, -0.1) is 0 Å². The Labute approximate surface area is 94.3 Å². The fraction of sp³-hybridized carbons (Fsp3) is 0.714. The molecule has 0 unspecified atom stereocenters. The molecule has 0 radical (unpaired) electrons. The van der Waals surface area contributed by atoms with Crippen molar-refractivity contribution < 1.29 is 0 Å². The summed E-state index contributed by atoms with van der Waals surface area (Å²) >= 11 is 0. The van der Waals surface area contributed by atoms with Crippen molar-refractivity contribution in [2.24, 2.45) is 5.41 Å². The molecule has 0 fully saturated rings. The van der Waals surface area contributed by atoms with Gasteiger partial charge in [-0.25, -0.2) is 0 Å². The SMILES string of the molecule is CC(C)(C)CCc1ccc(C(C)(C)C)[nH]1. The minimum Gasteiger partial charge on any atom is -0.362 e. The van der Waals surface area contributed by atoms with Crippen LogP contribution in [0.4, 0.5) is 0 Å². The highest BCUT2D eigenvalue weighted by molar-refractivity contribution is 5.19. The van der Waals surface area contributed by atoms with Crippen LogP contribution in [0.25, 0.3) is 0 Å². The van der Waals surface area contributed by atoms with Crippen molar-refractivity contribution in [3.63, 3.8) is 0 Å². The van der Waals surface area contributed by atoms with Crippen molar-refractivity contribution in [3.05, 3.63) is 23.5 Å². The van der Waals surface area contributed by atoms with Gasteiger partial charge in [0.05, 0.1) is 0 Å². The van der Waals surface area contributed by atoms with E-state index in [4.69, 9.17) is 0 Å². The molecule has 0 bridgehead atoms. The van der Waals surface area contributed by atoms with Crippen molar-refractivity contribution in [1.29, 1.82) is 0 Å². The highest BCUT2D eigenvalue weighted by Crippen LogP contribution is 2.24. The number of aromatic amines is 1. The number of aromatic nitrogens is 1. The fourth-order valence-electron chi connectivity index (χ4n) is 1.53. The monoisotopic (exact) mass is 207 g/mol. The molecule has 0 aromatic carbocycles. The summed E-state index contributed by atoms with van der Waals surface area (Å²) in [5.74, 6) is 0. The third-order valence-corrected chi connectivity index (χ3v) is 2.70. The van der Waals surface area contributed by atoms with Crippen LogP contribution in [0.15, 0.2) is 12.1 Å². The number of rotatable bonds is 2. The zero-order chi connectivity index (χ0) is 11.7. The molecule has 0 atom stereocenters. The van der Waals surface area contributed by atoms with Gasteiger partial charge in [0.1, 0.15) is 0 Å². The van der Waals surface area contributed by atoms with E-state index >= 15 is 0 Å². The Morgan fingerprint density at radius 2 is 1.60 bits per heavy atom. The molecule has 1 heterocycles. The summed E-state index contributed by atoms with van der Waals surface area (Å²) in [6, 6.07) is 4.45. The topological polar surface area (TPSA) is 15.8 Å². The van der Waals surface area contributed by atoms with Crippen molar-refractivity contribution >= 4 is 0 Å². The van der Waals surface area contributed by atoms with Gasteiger partial charge in [-0.1, -0.05) is 41.5 Å². The number of hydrogen-bond donors (Lipinski definition) is 1. The van der Waals surface area contributed by atoms with Crippen LogP contribution in [0, 0.1) is 5.41 Å². The molecule has 0 aliphatic carbocycles. The van der Waals surface area contributed by atoms with Crippen molar-refractivity contribution in [2.75, 3.05) is 0 Å². The second kappa shape index (κ2) is 4.03. The van der Waals surface area contributed by atoms with Gasteiger partial charge in [0.15, 0.2) is 0 Å². The summed E-state index contributed by atoms with van der Waals surface area (Å²) in [6.45, 7) is 13.6. The van der Waals surface area contributed by atoms with Crippen LogP contribution >= 0.6 is 0 Å². The smallest absolute Gasteiger partial charge is 0.0203 e. The molecule has 15 heavy (non-hydrogen) atoms. The molecule has 1 N–H and O–H groups in total. The number of H-pyrrole nitrogens is 1. The second-order valence-corrected chi connectivity index (χ2v) is 6.71. The van der Waals surface area contributed by atoms with Crippen molar-refractivity contribution in [1.82, 2.24) is 4.98 Å². The summed E-state index contributed by atoms with van der Waals surface area (Å²) in [6.07, 6.45) is 2.39. The molecule has 0 spiro atoms. The van der Waals surface area contributed by atoms with E-state index in [1.54, 1.807) is 0 Å². The lowest BCUT2D eigenvalue weighted by Crippen LogP contribution is -2.12. The number of hydrogen-bond acceptors (Lipinski definition) is 0. The molecule has 86 valence electrons. The first kappa shape index (κ1) is 12.4. The summed E-state index contributed by atoms with van der Waals surface area (Å²) < 4.78 is 0. The summed E-state index contributed by atoms with van der Waals surface area (Å²) in [5.41, 5.74) is 3.37. The lowest BCUT2D eigenvalue weighted by molar-refractivity contribution is 0.376. The van der Waals surface area contributed by atoms with Crippen LogP contribution in [0.3, 0.4) is 0 Å². The lowest BCUT2D eigenvalue weighted by atomic mass is 9.90. The van der Waals surface area contributed by atoms with E-state index in [1.165, 1.54) is 17.8 Å². The van der Waals surface area contributed by atoms with Crippen LogP contribution < -0.4 is 0 Å². The predicted octanol–water partition coefficient (Wildman–Crippen LogP) is 4.29. The maximum atomic E-state index is 3.53. The second-order valence-electron chi connectivity index (χ2n) is 6.71. The summed E-state index contributed by atoms with van der Waals surface area (Å²) in [7, 11) is 0. The molecule has 1 aromatic heterocycles. The Morgan fingerprint density at radius 3 is 2.00 bits per heavy atom. The Bertz CT molecular complexity index is 307. The van der Waals surface area contributed by atoms with Gasteiger partial charge in [-0.05, 0) is 30.4 Å². The molecular formula is C14H25N. The maximum absolute atomic E-state index is 3.53. The van der Waals surface area contributed by atoms with Gasteiger partial charge in [-0.2, -0.15) is 0 Å². The van der Waals surface area contributed by atoms with E-state index < -0.39 is 0 Å². The average molecular weight is 207 g/mol. The maximum Gasteiger partial charge on any atom is 0.0203 e. The van der Waals surface area contributed by atoms with Gasteiger partial charge < -0.3 is 4.98 Å². The Morgan fingerprint density at radius 1 is 1.00 bits per heavy atom. The van der Waals surface area contributed by atoms with Crippen LogP contribution in [0.5, 0.6) is 0 Å². The van der Waals surface area contributed by atoms with Crippen LogP contribution in [0.1, 0.15) is 59.4 Å². The van der Waals surface area contributed by atoms with Crippen LogP contribution in [-0.4, -0.2) is 4.98 Å². The van der Waals surface area contributed by atoms with Gasteiger partial charge in [-0.3, -0.25) is 0 Å². The zero-order valence-electron chi connectivity index (χ0n) is 11.1. The van der Waals surface area contributed by atoms with E-state index in [1.807, 2.05) is 0 Å². The van der Waals surface area contributed by atoms with E-state index in [9.17, 15) is 0 Å². The third-order valence-electron chi connectivity index (χ3n) is 2.70. The van der Waals surface area contributed by atoms with Crippen molar-refractivity contribution in [3.8, 4) is 0 Å². The quantitative estimate of drug-likeness (QED) is 0.744. The van der Waals surface area contributed by atoms with E-state index in [0.717, 1.165) is 6.42 Å². The predicted molar refractivity (Wildman–Crippen MR) is 67.3 cm³/mol. The first-order chi connectivity index (χ1) is 6.68.